The Labute approximate surface area is 149 Å². The van der Waals surface area contributed by atoms with Gasteiger partial charge in [-0.05, 0) is 31.9 Å². The third kappa shape index (κ3) is 5.22. The summed E-state index contributed by atoms with van der Waals surface area (Å²) in [6.45, 7) is 3.92. The van der Waals surface area contributed by atoms with E-state index >= 15 is 0 Å². The topological polar surface area (TPSA) is 70.6 Å². The number of aliphatic hydroxyl groups excluding tert-OH is 1. The van der Waals surface area contributed by atoms with Gasteiger partial charge in [0.25, 0.3) is 0 Å². The number of nitrogens with one attached hydrogen (secondary N) is 2. The van der Waals surface area contributed by atoms with Gasteiger partial charge >= 0.3 is 6.03 Å². The highest BCUT2D eigenvalue weighted by Crippen LogP contribution is 2.26. The van der Waals surface area contributed by atoms with Gasteiger partial charge in [-0.2, -0.15) is 0 Å². The predicted octanol–water partition coefficient (Wildman–Crippen LogP) is 3.49. The van der Waals surface area contributed by atoms with E-state index in [-0.39, 0.29) is 24.7 Å². The number of methoxy groups -OCH3 is 1. The lowest BCUT2D eigenvalue weighted by Gasteiger charge is -2.22. The quantitative estimate of drug-likeness (QED) is 0.721. The first-order valence-corrected chi connectivity index (χ1v) is 8.42. The summed E-state index contributed by atoms with van der Waals surface area (Å²) >= 11 is 0. The Hall–Kier alpha value is -2.53. The van der Waals surface area contributed by atoms with Gasteiger partial charge in [0, 0.05) is 12.2 Å². The third-order valence-electron chi connectivity index (χ3n) is 4.12. The molecule has 134 valence electrons. The van der Waals surface area contributed by atoms with E-state index < -0.39 is 0 Å². The Balaban J connectivity index is 2.06. The van der Waals surface area contributed by atoms with Gasteiger partial charge in [0.15, 0.2) is 0 Å². The number of carbonyl (C=O) groups excluding carboxylic acids is 1. The van der Waals surface area contributed by atoms with E-state index in [4.69, 9.17) is 4.74 Å². The lowest BCUT2D eigenvalue weighted by molar-refractivity contribution is 0.226. The molecular weight excluding hydrogens is 316 g/mol. The van der Waals surface area contributed by atoms with Crippen molar-refractivity contribution in [3.05, 3.63) is 65.2 Å². The predicted molar refractivity (Wildman–Crippen MR) is 98.7 cm³/mol. The van der Waals surface area contributed by atoms with Crippen molar-refractivity contribution in [1.29, 1.82) is 0 Å². The lowest BCUT2D eigenvalue weighted by Crippen LogP contribution is -2.39. The second-order valence-electron chi connectivity index (χ2n) is 6.06. The van der Waals surface area contributed by atoms with E-state index in [1.54, 1.807) is 7.11 Å². The van der Waals surface area contributed by atoms with Gasteiger partial charge in [0.05, 0.1) is 19.2 Å². The zero-order valence-corrected chi connectivity index (χ0v) is 15.0. The highest BCUT2D eigenvalue weighted by Gasteiger charge is 2.18. The molecule has 0 aliphatic rings. The number of rotatable bonds is 7. The van der Waals surface area contributed by atoms with Gasteiger partial charge in [-0.15, -0.1) is 0 Å². The zero-order chi connectivity index (χ0) is 18.2. The number of hydrogen-bond donors (Lipinski definition) is 3. The van der Waals surface area contributed by atoms with Crippen LogP contribution in [0.3, 0.4) is 0 Å². The molecule has 1 unspecified atom stereocenters. The minimum absolute atomic E-state index is 0.00109. The fourth-order valence-electron chi connectivity index (χ4n) is 2.80. The number of urea groups is 1. The molecule has 2 rings (SSSR count). The average Bonchev–Trinajstić information content (AvgIpc) is 2.62. The largest absolute Gasteiger partial charge is 0.496 e. The zero-order valence-electron chi connectivity index (χ0n) is 15.0. The Morgan fingerprint density at radius 2 is 1.88 bits per heavy atom. The smallest absolute Gasteiger partial charge is 0.315 e. The molecule has 0 aliphatic heterocycles. The van der Waals surface area contributed by atoms with Gasteiger partial charge in [0.1, 0.15) is 5.75 Å². The highest BCUT2D eigenvalue weighted by atomic mass is 16.5. The molecule has 0 radical (unpaired) electrons. The van der Waals surface area contributed by atoms with Crippen LogP contribution in [0.15, 0.2) is 48.5 Å². The molecule has 2 amide bonds. The maximum absolute atomic E-state index is 12.4. The molecule has 5 heteroatoms. The molecule has 0 fully saturated rings. The van der Waals surface area contributed by atoms with Crippen LogP contribution in [0.25, 0.3) is 0 Å². The summed E-state index contributed by atoms with van der Waals surface area (Å²) in [5.41, 5.74) is 3.00. The fourth-order valence-corrected chi connectivity index (χ4v) is 2.80. The summed E-state index contributed by atoms with van der Waals surface area (Å²) < 4.78 is 5.39. The molecule has 5 nitrogen and oxygen atoms in total. The van der Waals surface area contributed by atoms with E-state index in [1.807, 2.05) is 62.4 Å². The molecule has 3 N–H and O–H groups in total. The SMILES string of the molecule is COc1ccc(C)cc1C(C)NC(=O)N[C@H](CCO)c1ccccc1. The minimum atomic E-state index is -0.279. The maximum atomic E-state index is 12.4. The minimum Gasteiger partial charge on any atom is -0.496 e. The Kier molecular flexibility index (Phi) is 6.83. The van der Waals surface area contributed by atoms with Gasteiger partial charge in [-0.1, -0.05) is 48.0 Å². The van der Waals surface area contributed by atoms with Crippen molar-refractivity contribution in [2.24, 2.45) is 0 Å². The van der Waals surface area contributed by atoms with E-state index in [0.29, 0.717) is 6.42 Å². The van der Waals surface area contributed by atoms with Gasteiger partial charge in [-0.25, -0.2) is 4.79 Å². The first kappa shape index (κ1) is 18.8. The van der Waals surface area contributed by atoms with Gasteiger partial charge in [0.2, 0.25) is 0 Å². The molecule has 2 aromatic rings. The number of carbonyl (C=O) groups is 1. The second-order valence-corrected chi connectivity index (χ2v) is 6.06. The first-order valence-electron chi connectivity index (χ1n) is 8.42. The number of benzene rings is 2. The van der Waals surface area contributed by atoms with Crippen LogP contribution in [0.1, 0.15) is 42.1 Å². The van der Waals surface area contributed by atoms with Gasteiger partial charge in [-0.3, -0.25) is 0 Å². The van der Waals surface area contributed by atoms with E-state index in [9.17, 15) is 9.90 Å². The van der Waals surface area contributed by atoms with Crippen molar-refractivity contribution in [1.82, 2.24) is 10.6 Å². The molecular formula is C20H26N2O3. The van der Waals surface area contributed by atoms with Crippen LogP contribution < -0.4 is 15.4 Å². The summed E-state index contributed by atoms with van der Waals surface area (Å²) in [5, 5.41) is 15.2. The molecule has 2 atom stereocenters. The third-order valence-corrected chi connectivity index (χ3v) is 4.12. The fraction of sp³-hybridized carbons (Fsp3) is 0.350. The first-order chi connectivity index (χ1) is 12.0. The van der Waals surface area contributed by atoms with Crippen molar-refractivity contribution >= 4 is 6.03 Å². The molecule has 2 aromatic carbocycles. The molecule has 0 heterocycles. The normalized spacial score (nSPS) is 13.0. The standard InChI is InChI=1S/C20H26N2O3/c1-14-9-10-19(25-3)17(13-14)15(2)21-20(24)22-18(11-12-23)16-7-5-4-6-8-16/h4-10,13,15,18,23H,11-12H2,1-3H3,(H2,21,22,24)/t15?,18-/m1/s1. The number of ether oxygens (including phenoxy) is 1. The number of hydrogen-bond acceptors (Lipinski definition) is 3. The molecule has 0 saturated carbocycles. The van der Waals surface area contributed by atoms with Crippen LogP contribution in [-0.4, -0.2) is 24.9 Å². The summed E-state index contributed by atoms with van der Waals surface area (Å²) in [5.74, 6) is 0.744. The molecule has 0 saturated heterocycles. The van der Waals surface area contributed by atoms with Crippen molar-refractivity contribution < 1.29 is 14.6 Å². The Bertz CT molecular complexity index is 689. The van der Waals surface area contributed by atoms with Crippen LogP contribution in [0.4, 0.5) is 4.79 Å². The van der Waals surface area contributed by atoms with Crippen molar-refractivity contribution in [2.75, 3.05) is 13.7 Å². The summed E-state index contributed by atoms with van der Waals surface area (Å²) in [6, 6.07) is 14.8. The average molecular weight is 342 g/mol. The van der Waals surface area contributed by atoms with Crippen LogP contribution in [0, 0.1) is 6.92 Å². The highest BCUT2D eigenvalue weighted by molar-refractivity contribution is 5.75. The van der Waals surface area contributed by atoms with Crippen molar-refractivity contribution in [3.8, 4) is 5.75 Å². The Morgan fingerprint density at radius 3 is 2.52 bits per heavy atom. The maximum Gasteiger partial charge on any atom is 0.315 e. The Morgan fingerprint density at radius 1 is 1.16 bits per heavy atom. The van der Waals surface area contributed by atoms with Crippen LogP contribution in [-0.2, 0) is 0 Å². The second kappa shape index (κ2) is 9.08. The van der Waals surface area contributed by atoms with E-state index in [0.717, 1.165) is 22.4 Å². The van der Waals surface area contributed by atoms with E-state index in [2.05, 4.69) is 10.6 Å². The van der Waals surface area contributed by atoms with Crippen LogP contribution in [0.2, 0.25) is 0 Å². The van der Waals surface area contributed by atoms with Crippen LogP contribution >= 0.6 is 0 Å². The number of aliphatic hydroxyl groups is 1. The summed E-state index contributed by atoms with van der Waals surface area (Å²) in [4.78, 5) is 12.4. The van der Waals surface area contributed by atoms with E-state index in [1.165, 1.54) is 0 Å². The van der Waals surface area contributed by atoms with Crippen molar-refractivity contribution in [2.45, 2.75) is 32.4 Å². The molecule has 0 bridgehead atoms. The molecule has 0 aromatic heterocycles. The monoisotopic (exact) mass is 342 g/mol. The number of amides is 2. The van der Waals surface area contributed by atoms with Crippen LogP contribution in [0.5, 0.6) is 5.75 Å². The van der Waals surface area contributed by atoms with Crippen molar-refractivity contribution in [3.63, 3.8) is 0 Å². The summed E-state index contributed by atoms with van der Waals surface area (Å²) in [7, 11) is 1.62. The molecule has 0 spiro atoms. The molecule has 25 heavy (non-hydrogen) atoms. The summed E-state index contributed by atoms with van der Waals surface area (Å²) in [6.07, 6.45) is 0.458. The van der Waals surface area contributed by atoms with Gasteiger partial charge < -0.3 is 20.5 Å². The molecule has 0 aliphatic carbocycles. The number of aryl methyl sites for hydroxylation is 1. The lowest BCUT2D eigenvalue weighted by atomic mass is 10.0.